The quantitative estimate of drug-likeness (QED) is 0.875. The van der Waals surface area contributed by atoms with E-state index in [0.717, 1.165) is 19.3 Å². The number of hydrogen-bond donors (Lipinski definition) is 2. The van der Waals surface area contributed by atoms with Gasteiger partial charge in [-0.1, -0.05) is 29.6 Å². The Kier molecular flexibility index (Phi) is 4.55. The standard InChI is InChI=1S/C14H15Cl2NO3/c15-10-3-2-9(6-11(10)16)13(20)17-8-14(4-1-5-14)7-12(18)19/h2-3,6H,1,4-5,7-8H2,(H,17,20)(H,18,19). The van der Waals surface area contributed by atoms with Crippen LogP contribution < -0.4 is 5.32 Å². The Morgan fingerprint density at radius 3 is 2.45 bits per heavy atom. The van der Waals surface area contributed by atoms with Gasteiger partial charge in [0.25, 0.3) is 5.91 Å². The van der Waals surface area contributed by atoms with E-state index in [1.807, 2.05) is 0 Å². The Morgan fingerprint density at radius 1 is 1.25 bits per heavy atom. The highest BCUT2D eigenvalue weighted by molar-refractivity contribution is 6.42. The molecule has 4 nitrogen and oxygen atoms in total. The molecule has 0 heterocycles. The lowest BCUT2D eigenvalue weighted by Gasteiger charge is -2.40. The number of halogens is 2. The third-order valence-corrected chi connectivity index (χ3v) is 4.49. The van der Waals surface area contributed by atoms with E-state index < -0.39 is 5.97 Å². The minimum absolute atomic E-state index is 0.0919. The fourth-order valence-corrected chi connectivity index (χ4v) is 2.72. The second kappa shape index (κ2) is 6.02. The summed E-state index contributed by atoms with van der Waals surface area (Å²) in [6.07, 6.45) is 2.77. The summed E-state index contributed by atoms with van der Waals surface area (Å²) in [6, 6.07) is 4.66. The van der Waals surface area contributed by atoms with Gasteiger partial charge >= 0.3 is 5.97 Å². The number of carboxylic acid groups (broad SMARTS) is 1. The zero-order valence-electron chi connectivity index (χ0n) is 10.8. The molecule has 2 rings (SSSR count). The monoisotopic (exact) mass is 315 g/mol. The summed E-state index contributed by atoms with van der Waals surface area (Å²) in [5, 5.41) is 12.4. The van der Waals surface area contributed by atoms with E-state index in [0.29, 0.717) is 22.2 Å². The van der Waals surface area contributed by atoms with Crippen LogP contribution in [0.2, 0.25) is 10.0 Å². The van der Waals surface area contributed by atoms with Gasteiger partial charge in [-0.25, -0.2) is 0 Å². The normalized spacial score (nSPS) is 16.3. The van der Waals surface area contributed by atoms with Crippen molar-refractivity contribution in [3.05, 3.63) is 33.8 Å². The average Bonchev–Trinajstić information content (AvgIpc) is 2.35. The van der Waals surface area contributed by atoms with Gasteiger partial charge in [-0.3, -0.25) is 9.59 Å². The highest BCUT2D eigenvalue weighted by atomic mass is 35.5. The molecule has 1 amide bonds. The molecule has 0 atom stereocenters. The first kappa shape index (κ1) is 15.1. The third kappa shape index (κ3) is 3.44. The Balaban J connectivity index is 1.97. The van der Waals surface area contributed by atoms with Crippen LogP contribution in [-0.4, -0.2) is 23.5 Å². The van der Waals surface area contributed by atoms with Gasteiger partial charge < -0.3 is 10.4 Å². The number of rotatable bonds is 5. The van der Waals surface area contributed by atoms with E-state index in [1.54, 1.807) is 12.1 Å². The van der Waals surface area contributed by atoms with Crippen LogP contribution in [0.15, 0.2) is 18.2 Å². The van der Waals surface area contributed by atoms with Gasteiger partial charge in [-0.05, 0) is 36.5 Å². The summed E-state index contributed by atoms with van der Waals surface area (Å²) < 4.78 is 0. The van der Waals surface area contributed by atoms with Crippen molar-refractivity contribution in [3.8, 4) is 0 Å². The number of carboxylic acids is 1. The van der Waals surface area contributed by atoms with Crippen molar-refractivity contribution in [2.75, 3.05) is 6.54 Å². The summed E-state index contributed by atoms with van der Waals surface area (Å²) in [4.78, 5) is 22.9. The maximum atomic E-state index is 12.0. The van der Waals surface area contributed by atoms with Crippen molar-refractivity contribution < 1.29 is 14.7 Å². The smallest absolute Gasteiger partial charge is 0.303 e. The number of carbonyl (C=O) groups is 2. The number of nitrogens with one attached hydrogen (secondary N) is 1. The lowest BCUT2D eigenvalue weighted by Crippen LogP contribution is -2.43. The molecule has 0 radical (unpaired) electrons. The molecule has 1 aliphatic rings. The zero-order valence-corrected chi connectivity index (χ0v) is 12.3. The van der Waals surface area contributed by atoms with Gasteiger partial charge in [0.1, 0.15) is 0 Å². The molecule has 1 fully saturated rings. The van der Waals surface area contributed by atoms with E-state index in [9.17, 15) is 9.59 Å². The molecule has 1 aliphatic carbocycles. The fraction of sp³-hybridized carbons (Fsp3) is 0.429. The third-order valence-electron chi connectivity index (χ3n) is 3.75. The van der Waals surface area contributed by atoms with Crippen LogP contribution in [0, 0.1) is 5.41 Å². The SMILES string of the molecule is O=C(O)CC1(CNC(=O)c2ccc(Cl)c(Cl)c2)CCC1. The lowest BCUT2D eigenvalue weighted by molar-refractivity contribution is -0.141. The second-order valence-electron chi connectivity index (χ2n) is 5.24. The maximum absolute atomic E-state index is 12.0. The highest BCUT2D eigenvalue weighted by Gasteiger charge is 2.39. The average molecular weight is 316 g/mol. The predicted molar refractivity (Wildman–Crippen MR) is 77.3 cm³/mol. The van der Waals surface area contributed by atoms with Crippen molar-refractivity contribution in [1.82, 2.24) is 5.32 Å². The Bertz CT molecular complexity index is 541. The molecule has 2 N–H and O–H groups in total. The van der Waals surface area contributed by atoms with Crippen molar-refractivity contribution >= 4 is 35.1 Å². The van der Waals surface area contributed by atoms with Crippen LogP contribution in [0.1, 0.15) is 36.0 Å². The number of benzene rings is 1. The number of carbonyl (C=O) groups excluding carboxylic acids is 1. The van der Waals surface area contributed by atoms with Crippen molar-refractivity contribution in [2.45, 2.75) is 25.7 Å². The molecule has 0 spiro atoms. The zero-order chi connectivity index (χ0) is 14.8. The van der Waals surface area contributed by atoms with Crippen molar-refractivity contribution in [1.29, 1.82) is 0 Å². The molecule has 1 aromatic carbocycles. The predicted octanol–water partition coefficient (Wildman–Crippen LogP) is 3.37. The molecule has 108 valence electrons. The van der Waals surface area contributed by atoms with Crippen LogP contribution in [0.5, 0.6) is 0 Å². The number of amides is 1. The minimum atomic E-state index is -0.825. The number of aliphatic carboxylic acids is 1. The summed E-state index contributed by atoms with van der Waals surface area (Å²) in [6.45, 7) is 0.373. The molecule has 20 heavy (non-hydrogen) atoms. The van der Waals surface area contributed by atoms with E-state index in [-0.39, 0.29) is 17.7 Å². The van der Waals surface area contributed by atoms with Crippen LogP contribution in [-0.2, 0) is 4.79 Å². The maximum Gasteiger partial charge on any atom is 0.303 e. The van der Waals surface area contributed by atoms with Gasteiger partial charge in [0.05, 0.1) is 16.5 Å². The van der Waals surface area contributed by atoms with Gasteiger partial charge in [0.15, 0.2) is 0 Å². The first-order valence-corrected chi connectivity index (χ1v) is 7.13. The largest absolute Gasteiger partial charge is 0.481 e. The van der Waals surface area contributed by atoms with Crippen LogP contribution in [0.4, 0.5) is 0 Å². The van der Waals surface area contributed by atoms with Crippen LogP contribution in [0.25, 0.3) is 0 Å². The molecule has 6 heteroatoms. The minimum Gasteiger partial charge on any atom is -0.481 e. The van der Waals surface area contributed by atoms with E-state index >= 15 is 0 Å². The molecule has 0 bridgehead atoms. The first-order chi connectivity index (χ1) is 9.42. The summed E-state index contributed by atoms with van der Waals surface area (Å²) in [5.41, 5.74) is 0.127. The van der Waals surface area contributed by atoms with Gasteiger partial charge in [-0.15, -0.1) is 0 Å². The first-order valence-electron chi connectivity index (χ1n) is 6.37. The Hall–Kier alpha value is -1.26. The van der Waals surface area contributed by atoms with Crippen molar-refractivity contribution in [3.63, 3.8) is 0 Å². The molecular weight excluding hydrogens is 301 g/mol. The molecule has 0 saturated heterocycles. The van der Waals surface area contributed by atoms with E-state index in [1.165, 1.54) is 6.07 Å². The molecule has 1 aromatic rings. The van der Waals surface area contributed by atoms with Gasteiger partial charge in [-0.2, -0.15) is 0 Å². The summed E-state index contributed by atoms with van der Waals surface area (Å²) in [7, 11) is 0. The molecular formula is C14H15Cl2NO3. The summed E-state index contributed by atoms with van der Waals surface area (Å²) in [5.74, 6) is -1.09. The Morgan fingerprint density at radius 2 is 1.95 bits per heavy atom. The summed E-state index contributed by atoms with van der Waals surface area (Å²) >= 11 is 11.7. The molecule has 0 aromatic heterocycles. The lowest BCUT2D eigenvalue weighted by atomic mass is 9.66. The Labute approximate surface area is 127 Å². The molecule has 0 unspecified atom stereocenters. The topological polar surface area (TPSA) is 66.4 Å². The fourth-order valence-electron chi connectivity index (χ4n) is 2.42. The van der Waals surface area contributed by atoms with E-state index in [4.69, 9.17) is 28.3 Å². The van der Waals surface area contributed by atoms with E-state index in [2.05, 4.69) is 5.32 Å². The molecule has 0 aliphatic heterocycles. The van der Waals surface area contributed by atoms with Crippen molar-refractivity contribution in [2.24, 2.45) is 5.41 Å². The van der Waals surface area contributed by atoms with Gasteiger partial charge in [0, 0.05) is 12.1 Å². The second-order valence-corrected chi connectivity index (χ2v) is 6.05. The highest BCUT2D eigenvalue weighted by Crippen LogP contribution is 2.43. The van der Waals surface area contributed by atoms with Crippen LogP contribution >= 0.6 is 23.2 Å². The molecule has 1 saturated carbocycles. The number of hydrogen-bond acceptors (Lipinski definition) is 2. The van der Waals surface area contributed by atoms with Gasteiger partial charge in [0.2, 0.25) is 0 Å². The van der Waals surface area contributed by atoms with Crippen LogP contribution in [0.3, 0.4) is 0 Å².